The highest BCUT2D eigenvalue weighted by atomic mass is 16.5. The van der Waals surface area contributed by atoms with E-state index in [-0.39, 0.29) is 17.8 Å². The van der Waals surface area contributed by atoms with Crippen molar-refractivity contribution in [2.45, 2.75) is 32.7 Å². The molecule has 1 saturated heterocycles. The minimum Gasteiger partial charge on any atom is -0.373 e. The van der Waals surface area contributed by atoms with Crippen molar-refractivity contribution < 1.29 is 4.74 Å². The Bertz CT molecular complexity index is 660. The van der Waals surface area contributed by atoms with Crippen molar-refractivity contribution in [2.75, 3.05) is 13.1 Å². The van der Waals surface area contributed by atoms with Gasteiger partial charge in [-0.15, -0.1) is 5.10 Å². The fraction of sp³-hybridized carbons (Fsp3) is 0.500. The SMILES string of the molecule is C[C@@H]1CN(Cn2nnc3ccccc3c2=O)C[C@H](C)O1. The molecule has 1 fully saturated rings. The summed E-state index contributed by atoms with van der Waals surface area (Å²) < 4.78 is 7.11. The third-order valence-corrected chi connectivity index (χ3v) is 3.46. The van der Waals surface area contributed by atoms with E-state index in [1.165, 1.54) is 4.68 Å². The summed E-state index contributed by atoms with van der Waals surface area (Å²) in [5.74, 6) is 0. The molecule has 6 nitrogen and oxygen atoms in total. The molecule has 0 aliphatic carbocycles. The number of nitrogens with zero attached hydrogens (tertiary/aromatic N) is 4. The standard InChI is InChI=1S/C14H18N4O2/c1-10-7-17(8-11(2)20-10)9-18-14(19)12-5-3-4-6-13(12)15-16-18/h3-6,10-11H,7-9H2,1-2H3/t10-,11+. The number of fused-ring (bicyclic) bond motifs is 1. The van der Waals surface area contributed by atoms with Crippen molar-refractivity contribution in [1.29, 1.82) is 0 Å². The van der Waals surface area contributed by atoms with Gasteiger partial charge in [-0.2, -0.15) is 4.68 Å². The van der Waals surface area contributed by atoms with Crippen LogP contribution in [-0.4, -0.2) is 45.2 Å². The third kappa shape index (κ3) is 2.57. The Hall–Kier alpha value is -1.79. The molecule has 106 valence electrons. The first-order valence-corrected chi connectivity index (χ1v) is 6.84. The van der Waals surface area contributed by atoms with Crippen molar-refractivity contribution in [1.82, 2.24) is 19.9 Å². The molecule has 0 amide bonds. The molecule has 0 spiro atoms. The monoisotopic (exact) mass is 274 g/mol. The zero-order valence-electron chi connectivity index (χ0n) is 11.7. The Morgan fingerprint density at radius 1 is 1.25 bits per heavy atom. The Balaban J connectivity index is 1.87. The Morgan fingerprint density at radius 2 is 1.95 bits per heavy atom. The number of aromatic nitrogens is 3. The molecule has 1 aromatic carbocycles. The van der Waals surface area contributed by atoms with Gasteiger partial charge in [-0.1, -0.05) is 17.3 Å². The first kappa shape index (κ1) is 13.2. The molecule has 1 aromatic heterocycles. The molecule has 6 heteroatoms. The summed E-state index contributed by atoms with van der Waals surface area (Å²) in [4.78, 5) is 14.5. The maximum atomic E-state index is 12.4. The quantitative estimate of drug-likeness (QED) is 0.813. The lowest BCUT2D eigenvalue weighted by Crippen LogP contribution is -2.47. The van der Waals surface area contributed by atoms with Crippen LogP contribution in [-0.2, 0) is 11.4 Å². The van der Waals surface area contributed by atoms with Gasteiger partial charge in [-0.25, -0.2) is 0 Å². The third-order valence-electron chi connectivity index (χ3n) is 3.46. The lowest BCUT2D eigenvalue weighted by atomic mass is 10.2. The van der Waals surface area contributed by atoms with Crippen LogP contribution in [0.3, 0.4) is 0 Å². The van der Waals surface area contributed by atoms with Crippen molar-refractivity contribution >= 4 is 10.9 Å². The molecule has 1 aliphatic rings. The number of ether oxygens (including phenoxy) is 1. The summed E-state index contributed by atoms with van der Waals surface area (Å²) in [5, 5.41) is 8.73. The van der Waals surface area contributed by atoms with Gasteiger partial charge in [-0.05, 0) is 26.0 Å². The van der Waals surface area contributed by atoms with E-state index in [1.807, 2.05) is 26.0 Å². The Morgan fingerprint density at radius 3 is 2.70 bits per heavy atom. The highest BCUT2D eigenvalue weighted by Crippen LogP contribution is 2.11. The van der Waals surface area contributed by atoms with Crippen LogP contribution in [0.5, 0.6) is 0 Å². The predicted octanol–water partition coefficient (Wildman–Crippen LogP) is 0.858. The van der Waals surface area contributed by atoms with E-state index in [2.05, 4.69) is 15.2 Å². The van der Waals surface area contributed by atoms with Crippen LogP contribution in [0, 0.1) is 0 Å². The van der Waals surface area contributed by atoms with Gasteiger partial charge in [0.1, 0.15) is 5.52 Å². The van der Waals surface area contributed by atoms with Gasteiger partial charge in [0, 0.05) is 13.1 Å². The van der Waals surface area contributed by atoms with Crippen LogP contribution in [0.15, 0.2) is 29.1 Å². The fourth-order valence-corrected chi connectivity index (χ4v) is 2.71. The Labute approximate surface area is 117 Å². The molecule has 20 heavy (non-hydrogen) atoms. The maximum Gasteiger partial charge on any atom is 0.278 e. The van der Waals surface area contributed by atoms with Gasteiger partial charge in [0.25, 0.3) is 5.56 Å². The van der Waals surface area contributed by atoms with E-state index >= 15 is 0 Å². The molecule has 0 radical (unpaired) electrons. The van der Waals surface area contributed by atoms with Crippen LogP contribution in [0.2, 0.25) is 0 Å². The van der Waals surface area contributed by atoms with Gasteiger partial charge >= 0.3 is 0 Å². The first-order chi connectivity index (χ1) is 9.63. The van der Waals surface area contributed by atoms with E-state index in [9.17, 15) is 4.79 Å². The van der Waals surface area contributed by atoms with Crippen LogP contribution in [0.25, 0.3) is 10.9 Å². The van der Waals surface area contributed by atoms with Crippen LogP contribution >= 0.6 is 0 Å². The number of hydrogen-bond donors (Lipinski definition) is 0. The zero-order valence-corrected chi connectivity index (χ0v) is 11.7. The average molecular weight is 274 g/mol. The van der Waals surface area contributed by atoms with Crippen molar-refractivity contribution in [3.05, 3.63) is 34.6 Å². The lowest BCUT2D eigenvalue weighted by Gasteiger charge is -2.34. The van der Waals surface area contributed by atoms with Crippen molar-refractivity contribution in [3.63, 3.8) is 0 Å². The van der Waals surface area contributed by atoms with Gasteiger partial charge < -0.3 is 4.74 Å². The van der Waals surface area contributed by atoms with Crippen molar-refractivity contribution in [3.8, 4) is 0 Å². The molecule has 2 aromatic rings. The number of benzene rings is 1. The van der Waals surface area contributed by atoms with Crippen LogP contribution in [0.1, 0.15) is 13.8 Å². The minimum atomic E-state index is -0.0950. The summed E-state index contributed by atoms with van der Waals surface area (Å²) in [6, 6.07) is 7.28. The molecule has 3 rings (SSSR count). The van der Waals surface area contributed by atoms with Gasteiger partial charge in [-0.3, -0.25) is 9.69 Å². The minimum absolute atomic E-state index is 0.0950. The molecule has 0 bridgehead atoms. The van der Waals surface area contributed by atoms with Crippen LogP contribution in [0.4, 0.5) is 0 Å². The van der Waals surface area contributed by atoms with E-state index in [0.29, 0.717) is 17.6 Å². The van der Waals surface area contributed by atoms with Gasteiger partial charge in [0.05, 0.1) is 24.3 Å². The normalized spacial score (nSPS) is 24.1. The average Bonchev–Trinajstić information content (AvgIpc) is 2.41. The molecule has 0 N–H and O–H groups in total. The van der Waals surface area contributed by atoms with E-state index in [4.69, 9.17) is 4.74 Å². The van der Waals surface area contributed by atoms with E-state index in [0.717, 1.165) is 13.1 Å². The second-order valence-corrected chi connectivity index (χ2v) is 5.35. The lowest BCUT2D eigenvalue weighted by molar-refractivity contribution is -0.0781. The Kier molecular flexibility index (Phi) is 3.50. The fourth-order valence-electron chi connectivity index (χ4n) is 2.71. The van der Waals surface area contributed by atoms with E-state index < -0.39 is 0 Å². The molecule has 2 heterocycles. The molecular formula is C14H18N4O2. The molecular weight excluding hydrogens is 256 g/mol. The van der Waals surface area contributed by atoms with Gasteiger partial charge in [0.15, 0.2) is 0 Å². The maximum absolute atomic E-state index is 12.4. The summed E-state index contributed by atoms with van der Waals surface area (Å²) in [6.07, 6.45) is 0.339. The molecule has 2 atom stereocenters. The molecule has 0 saturated carbocycles. The second kappa shape index (κ2) is 5.30. The number of rotatable bonds is 2. The number of hydrogen-bond acceptors (Lipinski definition) is 5. The highest BCUT2D eigenvalue weighted by Gasteiger charge is 2.22. The summed E-state index contributed by atoms with van der Waals surface area (Å²) in [6.45, 7) is 6.13. The highest BCUT2D eigenvalue weighted by molar-refractivity contribution is 5.76. The van der Waals surface area contributed by atoms with Crippen LogP contribution < -0.4 is 5.56 Å². The predicted molar refractivity (Wildman–Crippen MR) is 75.4 cm³/mol. The largest absolute Gasteiger partial charge is 0.373 e. The zero-order chi connectivity index (χ0) is 14.1. The first-order valence-electron chi connectivity index (χ1n) is 6.84. The summed E-state index contributed by atoms with van der Waals surface area (Å²) >= 11 is 0. The smallest absolute Gasteiger partial charge is 0.278 e. The molecule has 1 aliphatic heterocycles. The second-order valence-electron chi connectivity index (χ2n) is 5.35. The van der Waals surface area contributed by atoms with E-state index in [1.54, 1.807) is 12.1 Å². The van der Waals surface area contributed by atoms with Crippen molar-refractivity contribution in [2.24, 2.45) is 0 Å². The summed E-state index contributed by atoms with van der Waals surface area (Å²) in [7, 11) is 0. The molecule has 0 unspecified atom stereocenters. The topological polar surface area (TPSA) is 60.2 Å². The van der Waals surface area contributed by atoms with Gasteiger partial charge in [0.2, 0.25) is 0 Å². The number of morpholine rings is 1. The summed E-state index contributed by atoms with van der Waals surface area (Å²) in [5.41, 5.74) is 0.542.